The minimum atomic E-state index is 0.796. The maximum Gasteiger partial charge on any atom is 0.0146 e. The normalized spacial score (nSPS) is 20.4. The van der Waals surface area contributed by atoms with Crippen molar-refractivity contribution < 1.29 is 0 Å². The van der Waals surface area contributed by atoms with Gasteiger partial charge in [0, 0.05) is 17.0 Å². The first-order valence-corrected chi connectivity index (χ1v) is 7.63. The summed E-state index contributed by atoms with van der Waals surface area (Å²) in [6.45, 7) is 7.02. The summed E-state index contributed by atoms with van der Waals surface area (Å²) >= 11 is 2.22. The van der Waals surface area contributed by atoms with E-state index in [9.17, 15) is 0 Å². The predicted molar refractivity (Wildman–Crippen MR) is 71.7 cm³/mol. The molecule has 0 heterocycles. The molecule has 1 N–H and O–H groups in total. The molecule has 0 amide bonds. The molecule has 0 aromatic rings. The highest BCUT2D eigenvalue weighted by Gasteiger charge is 2.16. The molecular weight excluding hydrogens is 202 g/mol. The van der Waals surface area contributed by atoms with Crippen molar-refractivity contribution in [1.29, 1.82) is 0 Å². The van der Waals surface area contributed by atoms with Crippen LogP contribution in [0.25, 0.3) is 0 Å². The summed E-state index contributed by atoms with van der Waals surface area (Å²) in [6.07, 6.45) is 9.95. The van der Waals surface area contributed by atoms with Crippen molar-refractivity contribution in [1.82, 2.24) is 5.32 Å². The van der Waals surface area contributed by atoms with Gasteiger partial charge in [-0.3, -0.25) is 0 Å². The maximum atomic E-state index is 3.55. The minimum Gasteiger partial charge on any atom is -0.316 e. The van der Waals surface area contributed by atoms with E-state index in [1.807, 2.05) is 0 Å². The van der Waals surface area contributed by atoms with Crippen LogP contribution in [0.3, 0.4) is 0 Å². The van der Waals surface area contributed by atoms with E-state index in [4.69, 9.17) is 0 Å². The lowest BCUT2D eigenvalue weighted by Crippen LogP contribution is -2.25. The van der Waals surface area contributed by atoms with E-state index in [1.54, 1.807) is 0 Å². The van der Waals surface area contributed by atoms with E-state index >= 15 is 0 Å². The monoisotopic (exact) mass is 229 g/mol. The van der Waals surface area contributed by atoms with Crippen LogP contribution < -0.4 is 5.32 Å². The first kappa shape index (κ1) is 13.4. The van der Waals surface area contributed by atoms with Crippen LogP contribution in [0.5, 0.6) is 0 Å². The van der Waals surface area contributed by atoms with E-state index in [0.29, 0.717) is 0 Å². The number of rotatable bonds is 7. The third-order valence-electron chi connectivity index (χ3n) is 3.12. The van der Waals surface area contributed by atoms with Gasteiger partial charge in [-0.15, -0.1) is 0 Å². The van der Waals surface area contributed by atoms with Gasteiger partial charge >= 0.3 is 0 Å². The van der Waals surface area contributed by atoms with Crippen molar-refractivity contribution in [3.63, 3.8) is 0 Å². The molecule has 0 saturated heterocycles. The molecule has 1 saturated carbocycles. The Hall–Kier alpha value is 0.310. The predicted octanol–water partition coefficient (Wildman–Crippen LogP) is 3.83. The van der Waals surface area contributed by atoms with Crippen LogP contribution in [0, 0.1) is 0 Å². The quantitative estimate of drug-likeness (QED) is 0.666. The summed E-state index contributed by atoms with van der Waals surface area (Å²) in [7, 11) is 0. The van der Waals surface area contributed by atoms with Gasteiger partial charge in [0.05, 0.1) is 0 Å². The van der Waals surface area contributed by atoms with Crippen LogP contribution in [0.2, 0.25) is 0 Å². The lowest BCUT2D eigenvalue weighted by molar-refractivity contribution is 0.514. The fourth-order valence-corrected chi connectivity index (χ4v) is 3.66. The summed E-state index contributed by atoms with van der Waals surface area (Å²) in [5.74, 6) is 0. The summed E-state index contributed by atoms with van der Waals surface area (Å²) in [4.78, 5) is 0. The highest BCUT2D eigenvalue weighted by Crippen LogP contribution is 2.30. The molecule has 1 atom stereocenters. The van der Waals surface area contributed by atoms with Gasteiger partial charge in [0.2, 0.25) is 0 Å². The third-order valence-corrected chi connectivity index (χ3v) is 4.60. The van der Waals surface area contributed by atoms with E-state index < -0.39 is 0 Å². The summed E-state index contributed by atoms with van der Waals surface area (Å²) < 4.78 is 0. The number of thioether (sulfide) groups is 1. The van der Waals surface area contributed by atoms with Crippen molar-refractivity contribution in [2.75, 3.05) is 13.1 Å². The van der Waals surface area contributed by atoms with E-state index in [-0.39, 0.29) is 0 Å². The van der Waals surface area contributed by atoms with Crippen LogP contribution in [0.4, 0.5) is 0 Å². The van der Waals surface area contributed by atoms with Gasteiger partial charge in [0.25, 0.3) is 0 Å². The first-order valence-electron chi connectivity index (χ1n) is 6.69. The summed E-state index contributed by atoms with van der Waals surface area (Å²) in [5, 5.41) is 5.31. The average Bonchev–Trinajstić information content (AvgIpc) is 2.26. The zero-order valence-electron chi connectivity index (χ0n) is 10.4. The van der Waals surface area contributed by atoms with E-state index in [0.717, 1.165) is 10.5 Å². The molecule has 1 aliphatic rings. The lowest BCUT2D eigenvalue weighted by Gasteiger charge is -2.24. The molecule has 0 aliphatic heterocycles. The van der Waals surface area contributed by atoms with Crippen molar-refractivity contribution in [2.45, 2.75) is 69.3 Å². The van der Waals surface area contributed by atoms with Crippen LogP contribution in [-0.4, -0.2) is 23.6 Å². The number of hydrogen-bond donors (Lipinski definition) is 1. The third kappa shape index (κ3) is 6.47. The zero-order chi connectivity index (χ0) is 10.9. The molecule has 1 nitrogen and oxygen atoms in total. The largest absolute Gasteiger partial charge is 0.316 e. The molecule has 1 unspecified atom stereocenters. The molecule has 0 aromatic carbocycles. The van der Waals surface area contributed by atoms with Gasteiger partial charge < -0.3 is 5.32 Å². The van der Waals surface area contributed by atoms with Crippen LogP contribution >= 0.6 is 11.8 Å². The fourth-order valence-electron chi connectivity index (χ4n) is 2.18. The van der Waals surface area contributed by atoms with Gasteiger partial charge in [-0.2, -0.15) is 11.8 Å². The minimum absolute atomic E-state index is 0.796. The Labute approximate surface area is 99.8 Å². The van der Waals surface area contributed by atoms with Gasteiger partial charge in [-0.05, 0) is 25.8 Å². The topological polar surface area (TPSA) is 12.0 Å². The lowest BCUT2D eigenvalue weighted by atomic mass is 10.0. The maximum absolute atomic E-state index is 3.55. The number of hydrogen-bond acceptors (Lipinski definition) is 2. The Morgan fingerprint density at radius 2 is 2.00 bits per heavy atom. The molecule has 90 valence electrons. The molecule has 1 rings (SSSR count). The van der Waals surface area contributed by atoms with E-state index in [2.05, 4.69) is 30.9 Å². The molecule has 0 bridgehead atoms. The Balaban J connectivity index is 1.98. The number of unbranched alkanes of at least 4 members (excludes halogenated alkanes) is 1. The molecule has 0 aromatic heterocycles. The van der Waals surface area contributed by atoms with Crippen molar-refractivity contribution in [3.05, 3.63) is 0 Å². The van der Waals surface area contributed by atoms with Gasteiger partial charge in [0.15, 0.2) is 0 Å². The van der Waals surface area contributed by atoms with Crippen LogP contribution in [0.1, 0.15) is 58.8 Å². The highest BCUT2D eigenvalue weighted by molar-refractivity contribution is 8.00. The smallest absolute Gasteiger partial charge is 0.0146 e. The van der Waals surface area contributed by atoms with Gasteiger partial charge in [-0.25, -0.2) is 0 Å². The molecule has 0 radical (unpaired) electrons. The Bertz CT molecular complexity index is 143. The molecule has 1 fully saturated rings. The standard InChI is InChI=1S/C13H27NS/c1-3-4-10-14-11-12(2)15-13-8-6-5-7-9-13/h12-14H,3-11H2,1-2H3. The van der Waals surface area contributed by atoms with Crippen molar-refractivity contribution in [2.24, 2.45) is 0 Å². The zero-order valence-corrected chi connectivity index (χ0v) is 11.2. The Kier molecular flexibility index (Phi) is 7.54. The molecule has 15 heavy (non-hydrogen) atoms. The van der Waals surface area contributed by atoms with Crippen LogP contribution in [-0.2, 0) is 0 Å². The fraction of sp³-hybridized carbons (Fsp3) is 1.00. The molecular formula is C13H27NS. The van der Waals surface area contributed by atoms with Gasteiger partial charge in [0.1, 0.15) is 0 Å². The SMILES string of the molecule is CCCCNCC(C)SC1CCCCC1. The molecule has 1 aliphatic carbocycles. The summed E-state index contributed by atoms with van der Waals surface area (Å²) in [6, 6.07) is 0. The second-order valence-electron chi connectivity index (χ2n) is 4.76. The van der Waals surface area contributed by atoms with Crippen molar-refractivity contribution in [3.8, 4) is 0 Å². The van der Waals surface area contributed by atoms with Crippen molar-refractivity contribution >= 4 is 11.8 Å². The average molecular weight is 229 g/mol. The van der Waals surface area contributed by atoms with Gasteiger partial charge in [-0.1, -0.05) is 39.5 Å². The summed E-state index contributed by atoms with van der Waals surface area (Å²) in [5.41, 5.74) is 0. The van der Waals surface area contributed by atoms with E-state index in [1.165, 1.54) is 58.0 Å². The second kappa shape index (κ2) is 8.46. The highest BCUT2D eigenvalue weighted by atomic mass is 32.2. The second-order valence-corrected chi connectivity index (χ2v) is 6.51. The first-order chi connectivity index (χ1) is 7.33. The molecule has 2 heteroatoms. The Morgan fingerprint density at radius 1 is 1.27 bits per heavy atom. The molecule has 0 spiro atoms. The Morgan fingerprint density at radius 3 is 2.67 bits per heavy atom. The number of nitrogens with one attached hydrogen (secondary N) is 1. The van der Waals surface area contributed by atoms with Crippen LogP contribution in [0.15, 0.2) is 0 Å².